The third kappa shape index (κ3) is 11.2. The molecule has 0 heterocycles. The second-order valence-electron chi connectivity index (χ2n) is 2.38. The molecular weight excluding hydrogens is 362 g/mol. The van der Waals surface area contributed by atoms with Crippen molar-refractivity contribution >= 4 is 29.2 Å². The minimum absolute atomic E-state index is 0.194. The molecule has 0 saturated carbocycles. The summed E-state index contributed by atoms with van der Waals surface area (Å²) < 4.78 is 98.0. The molecule has 0 fully saturated rings. The summed E-state index contributed by atoms with van der Waals surface area (Å²) >= 11 is 9.53. The number of hydrogen-bond donors (Lipinski definition) is 2. The van der Waals surface area contributed by atoms with Crippen LogP contribution in [-0.4, -0.2) is 46.2 Å². The second kappa shape index (κ2) is 9.34. The smallest absolute Gasteiger partial charge is 0.475 e. The number of aliphatic carboxylic acids is 1. The minimum atomic E-state index is -5.94. The Balaban J connectivity index is -0.000000251. The standard InChI is InChI=1S/C3H2F6O.C2HF3O2.CH2Cl2/c4-1(5)2(6,10)3(7,8)9;3-2(4,5)1(6)7;2-1-3/h1,10H;(H,6,7);1H2. The monoisotopic (exact) mass is 366 g/mol. The van der Waals surface area contributed by atoms with Crippen molar-refractivity contribution in [3.05, 3.63) is 0 Å². The Hall–Kier alpha value is -0.620. The lowest BCUT2D eigenvalue weighted by Crippen LogP contribution is -2.47. The number of carboxylic acid groups (broad SMARTS) is 1. The summed E-state index contributed by atoms with van der Waals surface area (Å²) in [5, 5.41) is 14.7. The first-order valence-electron chi connectivity index (χ1n) is 3.73. The maximum absolute atomic E-state index is 11.4. The molecule has 1 unspecified atom stereocenters. The lowest BCUT2D eigenvalue weighted by Gasteiger charge is -2.20. The lowest BCUT2D eigenvalue weighted by atomic mass is 10.3. The van der Waals surface area contributed by atoms with E-state index in [1.54, 1.807) is 0 Å². The van der Waals surface area contributed by atoms with Gasteiger partial charge in [0.25, 0.3) is 0 Å². The molecule has 0 aromatic carbocycles. The van der Waals surface area contributed by atoms with Gasteiger partial charge in [0.15, 0.2) is 0 Å². The molecule has 0 saturated heterocycles. The third-order valence-corrected chi connectivity index (χ3v) is 0.929. The molecule has 0 aromatic rings. The molecule has 0 aliphatic carbocycles. The molecule has 14 heteroatoms. The highest BCUT2D eigenvalue weighted by atomic mass is 35.5. The number of carboxylic acids is 1. The van der Waals surface area contributed by atoms with Gasteiger partial charge in [0.05, 0.1) is 5.34 Å². The fraction of sp³-hybridized carbons (Fsp3) is 0.833. The number of alkyl halides is 11. The summed E-state index contributed by atoms with van der Waals surface area (Å²) in [6.07, 6.45) is -15.5. The molecular formula is C6H5Cl2F9O3. The summed E-state index contributed by atoms with van der Waals surface area (Å²) in [6, 6.07) is 0. The highest BCUT2D eigenvalue weighted by Crippen LogP contribution is 2.36. The summed E-state index contributed by atoms with van der Waals surface area (Å²) in [5.41, 5.74) is 0. The predicted molar refractivity (Wildman–Crippen MR) is 48.4 cm³/mol. The van der Waals surface area contributed by atoms with Crippen LogP contribution in [0.15, 0.2) is 0 Å². The number of halogens is 11. The van der Waals surface area contributed by atoms with Gasteiger partial charge in [0.2, 0.25) is 0 Å². The molecule has 0 rings (SSSR count). The van der Waals surface area contributed by atoms with E-state index < -0.39 is 30.6 Å². The molecule has 3 nitrogen and oxygen atoms in total. The largest absolute Gasteiger partial charge is 0.490 e. The minimum Gasteiger partial charge on any atom is -0.475 e. The van der Waals surface area contributed by atoms with Crippen LogP contribution < -0.4 is 0 Å². The number of rotatable bonds is 1. The normalized spacial score (nSPS) is 14.4. The van der Waals surface area contributed by atoms with Crippen LogP contribution in [0.25, 0.3) is 0 Å². The first-order chi connectivity index (χ1) is 8.55. The van der Waals surface area contributed by atoms with Gasteiger partial charge in [0, 0.05) is 0 Å². The topological polar surface area (TPSA) is 57.5 Å². The van der Waals surface area contributed by atoms with Gasteiger partial charge in [-0.2, -0.15) is 30.7 Å². The van der Waals surface area contributed by atoms with Gasteiger partial charge >= 0.3 is 30.6 Å². The quantitative estimate of drug-likeness (QED) is 0.551. The van der Waals surface area contributed by atoms with E-state index in [4.69, 9.17) is 38.2 Å². The van der Waals surface area contributed by atoms with Gasteiger partial charge in [-0.15, -0.1) is 23.2 Å². The Morgan fingerprint density at radius 1 is 1.00 bits per heavy atom. The number of carbonyl (C=O) groups is 1. The molecule has 0 amide bonds. The first kappa shape index (κ1) is 24.4. The zero-order chi connectivity index (χ0) is 17.4. The Kier molecular flexibility index (Phi) is 11.4. The van der Waals surface area contributed by atoms with Gasteiger partial charge in [-0.25, -0.2) is 13.6 Å². The van der Waals surface area contributed by atoms with E-state index in [0.717, 1.165) is 0 Å². The first-order valence-corrected chi connectivity index (χ1v) is 4.80. The zero-order valence-electron chi connectivity index (χ0n) is 8.74. The molecule has 1 atom stereocenters. The Bertz CT molecular complexity index is 276. The summed E-state index contributed by atoms with van der Waals surface area (Å²) in [7, 11) is 0. The van der Waals surface area contributed by atoms with Gasteiger partial charge < -0.3 is 10.2 Å². The average molecular weight is 367 g/mol. The Labute approximate surface area is 114 Å². The van der Waals surface area contributed by atoms with Crippen LogP contribution in [0.4, 0.5) is 39.5 Å². The van der Waals surface area contributed by atoms with Gasteiger partial charge in [0.1, 0.15) is 0 Å². The maximum Gasteiger partial charge on any atom is 0.490 e. The van der Waals surface area contributed by atoms with Gasteiger partial charge in [-0.1, -0.05) is 0 Å². The van der Waals surface area contributed by atoms with Crippen molar-refractivity contribution < 1.29 is 54.5 Å². The summed E-state index contributed by atoms with van der Waals surface area (Å²) in [6.45, 7) is 0. The maximum atomic E-state index is 11.4. The van der Waals surface area contributed by atoms with E-state index in [1.165, 1.54) is 0 Å². The lowest BCUT2D eigenvalue weighted by molar-refractivity contribution is -0.352. The van der Waals surface area contributed by atoms with Crippen molar-refractivity contribution in [3.8, 4) is 0 Å². The van der Waals surface area contributed by atoms with E-state index in [0.29, 0.717) is 0 Å². The third-order valence-electron chi connectivity index (χ3n) is 0.929. The van der Waals surface area contributed by atoms with Crippen LogP contribution in [0.2, 0.25) is 0 Å². The van der Waals surface area contributed by atoms with Crippen LogP contribution in [0.5, 0.6) is 0 Å². The molecule has 0 aliphatic rings. The molecule has 0 aromatic heterocycles. The van der Waals surface area contributed by atoms with Gasteiger partial charge in [-0.3, -0.25) is 0 Å². The van der Waals surface area contributed by atoms with Crippen molar-refractivity contribution in [2.45, 2.75) is 24.6 Å². The Morgan fingerprint density at radius 3 is 1.20 bits per heavy atom. The molecule has 2 N–H and O–H groups in total. The second-order valence-corrected chi connectivity index (χ2v) is 3.18. The highest BCUT2D eigenvalue weighted by molar-refractivity contribution is 6.40. The number of aliphatic hydroxyl groups is 1. The fourth-order valence-electron chi connectivity index (χ4n) is 0.124. The van der Waals surface area contributed by atoms with E-state index in [-0.39, 0.29) is 5.34 Å². The van der Waals surface area contributed by atoms with E-state index in [9.17, 15) is 39.5 Å². The van der Waals surface area contributed by atoms with Crippen LogP contribution >= 0.6 is 23.2 Å². The molecule has 0 bridgehead atoms. The van der Waals surface area contributed by atoms with Crippen molar-refractivity contribution in [2.24, 2.45) is 0 Å². The molecule has 0 aliphatic heterocycles. The zero-order valence-corrected chi connectivity index (χ0v) is 10.3. The van der Waals surface area contributed by atoms with Crippen molar-refractivity contribution in [2.75, 3.05) is 5.34 Å². The fourth-order valence-corrected chi connectivity index (χ4v) is 0.124. The van der Waals surface area contributed by atoms with Crippen LogP contribution in [-0.2, 0) is 4.79 Å². The Morgan fingerprint density at radius 2 is 1.20 bits per heavy atom. The van der Waals surface area contributed by atoms with E-state index in [1.807, 2.05) is 0 Å². The molecule has 0 spiro atoms. The van der Waals surface area contributed by atoms with Crippen LogP contribution in [0.3, 0.4) is 0 Å². The molecule has 20 heavy (non-hydrogen) atoms. The SMILES string of the molecule is ClCCl.O=C(O)C(F)(F)F.OC(F)(C(F)F)C(F)(F)F. The average Bonchev–Trinajstić information content (AvgIpc) is 2.15. The molecule has 124 valence electrons. The van der Waals surface area contributed by atoms with Gasteiger partial charge in [-0.05, 0) is 0 Å². The van der Waals surface area contributed by atoms with E-state index in [2.05, 4.69) is 0 Å². The van der Waals surface area contributed by atoms with Crippen molar-refractivity contribution in [1.29, 1.82) is 0 Å². The van der Waals surface area contributed by atoms with Crippen molar-refractivity contribution in [3.63, 3.8) is 0 Å². The van der Waals surface area contributed by atoms with Crippen LogP contribution in [0.1, 0.15) is 0 Å². The number of hydrogen-bond acceptors (Lipinski definition) is 2. The summed E-state index contributed by atoms with van der Waals surface area (Å²) in [5.74, 6) is -8.15. The van der Waals surface area contributed by atoms with Crippen molar-refractivity contribution in [1.82, 2.24) is 0 Å². The highest BCUT2D eigenvalue weighted by Gasteiger charge is 2.62. The molecule has 0 radical (unpaired) electrons. The summed E-state index contributed by atoms with van der Waals surface area (Å²) in [4.78, 5) is 8.90. The van der Waals surface area contributed by atoms with E-state index >= 15 is 0 Å². The van der Waals surface area contributed by atoms with Crippen LogP contribution in [0, 0.1) is 0 Å². The predicted octanol–water partition coefficient (Wildman–Crippen LogP) is 3.53.